The minimum atomic E-state index is -0.204. The summed E-state index contributed by atoms with van der Waals surface area (Å²) < 4.78 is 10.8. The van der Waals surface area contributed by atoms with Crippen LogP contribution in [0.25, 0.3) is 11.4 Å². The number of rotatable bonds is 8. The maximum Gasteiger partial charge on any atom is 0.261 e. The van der Waals surface area contributed by atoms with Crippen molar-refractivity contribution >= 4 is 17.5 Å². The normalized spacial score (nSPS) is 10.4. The van der Waals surface area contributed by atoms with E-state index in [2.05, 4.69) is 16.7 Å². The lowest BCUT2D eigenvalue weighted by molar-refractivity contribution is -0.133. The molecule has 0 N–H and O–H groups in total. The lowest BCUT2D eigenvalue weighted by Gasteiger charge is -2.19. The highest BCUT2D eigenvalue weighted by Gasteiger charge is 2.18. The molecule has 1 heterocycles. The largest absolute Gasteiger partial charge is 0.484 e. The highest BCUT2D eigenvalue weighted by atomic mass is 35.5. The van der Waals surface area contributed by atoms with Gasteiger partial charge in [-0.2, -0.15) is 4.98 Å². The summed E-state index contributed by atoms with van der Waals surface area (Å²) in [5, 5.41) is 4.59. The number of carbonyl (C=O) groups is 1. The summed E-state index contributed by atoms with van der Waals surface area (Å²) in [6.45, 7) is 4.12. The van der Waals surface area contributed by atoms with Crippen molar-refractivity contribution in [3.8, 4) is 17.1 Å². The van der Waals surface area contributed by atoms with Gasteiger partial charge in [0.05, 0.1) is 0 Å². The molecule has 7 heteroatoms. The van der Waals surface area contributed by atoms with Crippen LogP contribution in [0.3, 0.4) is 0 Å². The third kappa shape index (κ3) is 5.18. The van der Waals surface area contributed by atoms with Crippen LogP contribution in [0.2, 0.25) is 5.02 Å². The lowest BCUT2D eigenvalue weighted by atomic mass is 10.2. The zero-order valence-corrected chi connectivity index (χ0v) is 15.3. The minimum absolute atomic E-state index is 0.0873. The number of nitrogens with zero attached hydrogens (tertiary/aromatic N) is 3. The second-order valence-electron chi connectivity index (χ2n) is 5.68. The van der Waals surface area contributed by atoms with Crippen LogP contribution in [-0.2, 0) is 11.3 Å². The van der Waals surface area contributed by atoms with E-state index in [1.54, 1.807) is 42.5 Å². The second-order valence-corrected chi connectivity index (χ2v) is 6.12. The molecule has 0 aliphatic carbocycles. The molecule has 1 amide bonds. The van der Waals surface area contributed by atoms with Crippen LogP contribution in [0.15, 0.2) is 71.8 Å². The van der Waals surface area contributed by atoms with E-state index >= 15 is 0 Å². The lowest BCUT2D eigenvalue weighted by Crippen LogP contribution is -2.34. The molecule has 0 spiro atoms. The highest BCUT2D eigenvalue weighted by molar-refractivity contribution is 6.30. The Morgan fingerprint density at radius 2 is 1.93 bits per heavy atom. The van der Waals surface area contributed by atoms with Gasteiger partial charge in [-0.3, -0.25) is 4.79 Å². The molecule has 0 radical (unpaired) electrons. The van der Waals surface area contributed by atoms with E-state index in [0.717, 1.165) is 5.56 Å². The molecule has 0 bridgehead atoms. The number of amides is 1. The number of para-hydroxylation sites is 1. The molecule has 0 saturated heterocycles. The number of carbonyl (C=O) groups excluding carboxylic acids is 1. The molecule has 2 aromatic carbocycles. The zero-order chi connectivity index (χ0) is 19.1. The number of hydrogen-bond acceptors (Lipinski definition) is 5. The predicted molar refractivity (Wildman–Crippen MR) is 102 cm³/mol. The van der Waals surface area contributed by atoms with Gasteiger partial charge in [0.1, 0.15) is 12.3 Å². The summed E-state index contributed by atoms with van der Waals surface area (Å²) in [5.74, 6) is 1.19. The number of ether oxygens (including phenoxy) is 1. The van der Waals surface area contributed by atoms with Crippen molar-refractivity contribution in [2.24, 2.45) is 0 Å². The highest BCUT2D eigenvalue weighted by Crippen LogP contribution is 2.19. The van der Waals surface area contributed by atoms with Gasteiger partial charge in [0.15, 0.2) is 6.61 Å². The quantitative estimate of drug-likeness (QED) is 0.550. The third-order valence-electron chi connectivity index (χ3n) is 3.70. The van der Waals surface area contributed by atoms with Crippen molar-refractivity contribution in [2.75, 3.05) is 13.2 Å². The van der Waals surface area contributed by atoms with Gasteiger partial charge in [-0.1, -0.05) is 41.0 Å². The van der Waals surface area contributed by atoms with Crippen molar-refractivity contribution in [3.05, 3.63) is 78.2 Å². The number of hydrogen-bond donors (Lipinski definition) is 0. The van der Waals surface area contributed by atoms with Crippen molar-refractivity contribution in [3.63, 3.8) is 0 Å². The molecule has 0 atom stereocenters. The van der Waals surface area contributed by atoms with Crippen LogP contribution < -0.4 is 4.74 Å². The molecule has 3 rings (SSSR count). The summed E-state index contributed by atoms with van der Waals surface area (Å²) in [5.41, 5.74) is 0.781. The van der Waals surface area contributed by atoms with Gasteiger partial charge in [-0.15, -0.1) is 6.58 Å². The first-order valence-electron chi connectivity index (χ1n) is 8.31. The SMILES string of the molecule is C=CCN(Cc1nc(-c2ccc(Cl)cc2)no1)C(=O)COc1ccccc1. The molecule has 0 unspecified atom stereocenters. The van der Waals surface area contributed by atoms with Crippen molar-refractivity contribution in [1.82, 2.24) is 15.0 Å². The topological polar surface area (TPSA) is 68.5 Å². The Kier molecular flexibility index (Phi) is 6.22. The van der Waals surface area contributed by atoms with Crippen LogP contribution in [0.5, 0.6) is 5.75 Å². The van der Waals surface area contributed by atoms with Crippen LogP contribution in [-0.4, -0.2) is 34.1 Å². The summed E-state index contributed by atoms with van der Waals surface area (Å²) in [7, 11) is 0. The summed E-state index contributed by atoms with van der Waals surface area (Å²) in [4.78, 5) is 18.4. The standard InChI is InChI=1S/C20H18ClN3O3/c1-2-12-24(19(25)14-26-17-6-4-3-5-7-17)13-18-22-20(23-27-18)15-8-10-16(21)11-9-15/h2-11H,1,12-14H2. The van der Waals surface area contributed by atoms with Gasteiger partial charge < -0.3 is 14.2 Å². The Hall–Kier alpha value is -3.12. The van der Waals surface area contributed by atoms with Crippen LogP contribution in [0.4, 0.5) is 0 Å². The number of aromatic nitrogens is 2. The minimum Gasteiger partial charge on any atom is -0.484 e. The molecule has 3 aromatic rings. The van der Waals surface area contributed by atoms with Gasteiger partial charge in [-0.05, 0) is 36.4 Å². The van der Waals surface area contributed by atoms with E-state index in [4.69, 9.17) is 20.9 Å². The van der Waals surface area contributed by atoms with Crippen molar-refractivity contribution in [2.45, 2.75) is 6.54 Å². The molecule has 1 aromatic heterocycles. The fourth-order valence-corrected chi connectivity index (χ4v) is 2.49. The Bertz CT molecular complexity index is 894. The van der Waals surface area contributed by atoms with E-state index in [0.29, 0.717) is 29.0 Å². The van der Waals surface area contributed by atoms with Crippen molar-refractivity contribution < 1.29 is 14.1 Å². The Morgan fingerprint density at radius 1 is 1.19 bits per heavy atom. The monoisotopic (exact) mass is 383 g/mol. The first-order valence-corrected chi connectivity index (χ1v) is 8.68. The fourth-order valence-electron chi connectivity index (χ4n) is 2.36. The molecule has 6 nitrogen and oxygen atoms in total. The van der Waals surface area contributed by atoms with E-state index in [-0.39, 0.29) is 19.1 Å². The van der Waals surface area contributed by atoms with E-state index in [1.165, 1.54) is 4.90 Å². The summed E-state index contributed by atoms with van der Waals surface area (Å²) in [6.07, 6.45) is 1.64. The number of benzene rings is 2. The molecular weight excluding hydrogens is 366 g/mol. The van der Waals surface area contributed by atoms with Crippen molar-refractivity contribution in [1.29, 1.82) is 0 Å². The molecular formula is C20H18ClN3O3. The van der Waals surface area contributed by atoms with E-state index in [9.17, 15) is 4.79 Å². The Morgan fingerprint density at radius 3 is 2.63 bits per heavy atom. The van der Waals surface area contributed by atoms with Crippen LogP contribution in [0.1, 0.15) is 5.89 Å². The second kappa shape index (κ2) is 9.00. The summed E-state index contributed by atoms with van der Waals surface area (Å²) >= 11 is 5.89. The fraction of sp³-hybridized carbons (Fsp3) is 0.150. The molecule has 138 valence electrons. The van der Waals surface area contributed by atoms with Crippen LogP contribution >= 0.6 is 11.6 Å². The van der Waals surface area contributed by atoms with Crippen LogP contribution in [0, 0.1) is 0 Å². The first kappa shape index (κ1) is 18.7. The maximum absolute atomic E-state index is 12.5. The van der Waals surface area contributed by atoms with Gasteiger partial charge in [-0.25, -0.2) is 0 Å². The average Bonchev–Trinajstić information content (AvgIpc) is 3.16. The molecule has 0 aliphatic rings. The predicted octanol–water partition coefficient (Wildman–Crippen LogP) is 3.98. The third-order valence-corrected chi connectivity index (χ3v) is 3.96. The molecule has 0 fully saturated rings. The van der Waals surface area contributed by atoms with Gasteiger partial charge in [0.2, 0.25) is 11.7 Å². The first-order chi connectivity index (χ1) is 13.2. The summed E-state index contributed by atoms with van der Waals surface area (Å²) in [6, 6.07) is 16.3. The van der Waals surface area contributed by atoms with E-state index in [1.807, 2.05) is 18.2 Å². The number of halogens is 1. The van der Waals surface area contributed by atoms with Gasteiger partial charge in [0.25, 0.3) is 5.91 Å². The molecule has 27 heavy (non-hydrogen) atoms. The van der Waals surface area contributed by atoms with E-state index < -0.39 is 0 Å². The van der Waals surface area contributed by atoms with Gasteiger partial charge in [0, 0.05) is 17.1 Å². The molecule has 0 aliphatic heterocycles. The maximum atomic E-state index is 12.5. The smallest absolute Gasteiger partial charge is 0.261 e. The molecule has 0 saturated carbocycles. The Balaban J connectivity index is 1.64. The van der Waals surface area contributed by atoms with Gasteiger partial charge >= 0.3 is 0 Å². The zero-order valence-electron chi connectivity index (χ0n) is 14.5. The Labute approximate surface area is 162 Å². The average molecular weight is 384 g/mol.